The first-order valence-electron chi connectivity index (χ1n) is 8.82. The highest BCUT2D eigenvalue weighted by atomic mass is 35.5. The molecule has 2 aromatic carbocycles. The van der Waals surface area contributed by atoms with E-state index in [0.717, 1.165) is 25.2 Å². The molecule has 0 unspecified atom stereocenters. The molecule has 6 heteroatoms. The number of nitrogens with zero attached hydrogens (tertiary/aromatic N) is 2. The molecule has 1 saturated heterocycles. The van der Waals surface area contributed by atoms with Crippen molar-refractivity contribution in [2.24, 2.45) is 0 Å². The fourth-order valence-electron chi connectivity index (χ4n) is 3.25. The maximum absolute atomic E-state index is 13.0. The molecule has 0 spiro atoms. The molecule has 140 valence electrons. The van der Waals surface area contributed by atoms with Crippen molar-refractivity contribution >= 4 is 21.6 Å². The Morgan fingerprint density at radius 3 is 2.15 bits per heavy atom. The minimum absolute atomic E-state index is 0.367. The van der Waals surface area contributed by atoms with E-state index in [2.05, 4.69) is 36.1 Å². The van der Waals surface area contributed by atoms with Crippen LogP contribution in [0.2, 0.25) is 5.02 Å². The Bertz CT molecular complexity index is 887. The lowest BCUT2D eigenvalue weighted by molar-refractivity contribution is 0.181. The van der Waals surface area contributed by atoms with Crippen LogP contribution >= 0.6 is 11.6 Å². The second kappa shape index (κ2) is 7.69. The monoisotopic (exact) mass is 392 g/mol. The van der Waals surface area contributed by atoms with Crippen molar-refractivity contribution in [1.29, 1.82) is 0 Å². The molecule has 0 aromatic heterocycles. The van der Waals surface area contributed by atoms with Gasteiger partial charge in [0.1, 0.15) is 0 Å². The van der Waals surface area contributed by atoms with Gasteiger partial charge in [0.15, 0.2) is 0 Å². The van der Waals surface area contributed by atoms with Crippen LogP contribution in [0.25, 0.3) is 0 Å². The summed E-state index contributed by atoms with van der Waals surface area (Å²) in [6, 6.07) is 11.9. The second-order valence-electron chi connectivity index (χ2n) is 7.03. The van der Waals surface area contributed by atoms with Gasteiger partial charge < -0.3 is 0 Å². The maximum Gasteiger partial charge on any atom is 0.243 e. The van der Waals surface area contributed by atoms with Crippen LogP contribution in [0.4, 0.5) is 0 Å². The zero-order valence-corrected chi connectivity index (χ0v) is 17.1. The molecule has 26 heavy (non-hydrogen) atoms. The maximum atomic E-state index is 13.0. The number of sulfonamides is 1. The largest absolute Gasteiger partial charge is 0.296 e. The van der Waals surface area contributed by atoms with Crippen LogP contribution in [0, 0.1) is 20.8 Å². The summed E-state index contributed by atoms with van der Waals surface area (Å²) in [5, 5.41) is 0.601. The van der Waals surface area contributed by atoms with Crippen molar-refractivity contribution < 1.29 is 8.42 Å². The summed E-state index contributed by atoms with van der Waals surface area (Å²) in [6.07, 6.45) is 0. The van der Waals surface area contributed by atoms with Crippen molar-refractivity contribution in [3.05, 3.63) is 63.7 Å². The SMILES string of the molecule is Cc1ccc(CN2CCN(S(=O)(=O)c3cc(C)c(Cl)cc3C)CC2)cc1. The number of halogens is 1. The zero-order valence-electron chi connectivity index (χ0n) is 15.5. The number of aryl methyl sites for hydroxylation is 3. The first-order valence-corrected chi connectivity index (χ1v) is 10.6. The van der Waals surface area contributed by atoms with E-state index >= 15 is 0 Å². The third-order valence-corrected chi connectivity index (χ3v) is 7.38. The fourth-order valence-corrected chi connectivity index (χ4v) is 5.18. The van der Waals surface area contributed by atoms with Crippen molar-refractivity contribution in [1.82, 2.24) is 9.21 Å². The lowest BCUT2D eigenvalue weighted by Gasteiger charge is -2.34. The molecule has 1 aliphatic heterocycles. The van der Waals surface area contributed by atoms with Gasteiger partial charge in [0.05, 0.1) is 4.90 Å². The molecule has 0 amide bonds. The molecule has 0 aliphatic carbocycles. The van der Waals surface area contributed by atoms with Gasteiger partial charge in [0.2, 0.25) is 10.0 Å². The number of rotatable bonds is 4. The Morgan fingerprint density at radius 1 is 0.923 bits per heavy atom. The average Bonchev–Trinajstić information content (AvgIpc) is 2.60. The van der Waals surface area contributed by atoms with Gasteiger partial charge in [-0.05, 0) is 49.6 Å². The van der Waals surface area contributed by atoms with E-state index in [1.54, 1.807) is 23.4 Å². The van der Waals surface area contributed by atoms with Crippen molar-refractivity contribution in [2.75, 3.05) is 26.2 Å². The highest BCUT2D eigenvalue weighted by Gasteiger charge is 2.30. The van der Waals surface area contributed by atoms with Gasteiger partial charge in [-0.1, -0.05) is 41.4 Å². The molecule has 2 aromatic rings. The molecule has 1 fully saturated rings. The second-order valence-corrected chi connectivity index (χ2v) is 9.35. The highest BCUT2D eigenvalue weighted by Crippen LogP contribution is 2.27. The standard InChI is InChI=1S/C20H25ClN2O2S/c1-15-4-6-18(7-5-15)14-22-8-10-23(11-9-22)26(24,25)20-13-16(2)19(21)12-17(20)3/h4-7,12-13H,8-11,14H2,1-3H3. The van der Waals surface area contributed by atoms with Crippen LogP contribution in [0.1, 0.15) is 22.3 Å². The molecule has 1 heterocycles. The van der Waals surface area contributed by atoms with Crippen LogP contribution < -0.4 is 0 Å². The van der Waals surface area contributed by atoms with Crippen LogP contribution in [-0.2, 0) is 16.6 Å². The van der Waals surface area contributed by atoms with E-state index in [-0.39, 0.29) is 0 Å². The van der Waals surface area contributed by atoms with Crippen LogP contribution in [0.3, 0.4) is 0 Å². The minimum Gasteiger partial charge on any atom is -0.296 e. The number of hydrogen-bond donors (Lipinski definition) is 0. The van der Waals surface area contributed by atoms with E-state index in [9.17, 15) is 8.42 Å². The first kappa shape index (κ1) is 19.4. The average molecular weight is 393 g/mol. The van der Waals surface area contributed by atoms with Crippen LogP contribution in [-0.4, -0.2) is 43.8 Å². The van der Waals surface area contributed by atoms with Gasteiger partial charge in [-0.3, -0.25) is 4.90 Å². The van der Waals surface area contributed by atoms with Gasteiger partial charge in [0, 0.05) is 37.7 Å². The lowest BCUT2D eigenvalue weighted by Crippen LogP contribution is -2.48. The zero-order chi connectivity index (χ0) is 18.9. The van der Waals surface area contributed by atoms with Gasteiger partial charge in [-0.2, -0.15) is 4.31 Å². The van der Waals surface area contributed by atoms with E-state index in [1.165, 1.54) is 11.1 Å². The number of piperazine rings is 1. The molecule has 3 rings (SSSR count). The highest BCUT2D eigenvalue weighted by molar-refractivity contribution is 7.89. The summed E-state index contributed by atoms with van der Waals surface area (Å²) in [7, 11) is -3.49. The molecular weight excluding hydrogens is 368 g/mol. The predicted octanol–water partition coefficient (Wildman–Crippen LogP) is 3.77. The summed E-state index contributed by atoms with van der Waals surface area (Å²) < 4.78 is 27.7. The molecule has 0 radical (unpaired) electrons. The smallest absolute Gasteiger partial charge is 0.243 e. The normalized spacial score (nSPS) is 16.8. The van der Waals surface area contributed by atoms with Crippen molar-refractivity contribution in [3.8, 4) is 0 Å². The molecule has 1 aliphatic rings. The lowest BCUT2D eigenvalue weighted by atomic mass is 10.1. The van der Waals surface area contributed by atoms with E-state index in [4.69, 9.17) is 11.6 Å². The van der Waals surface area contributed by atoms with E-state index < -0.39 is 10.0 Å². The van der Waals surface area contributed by atoms with E-state index in [1.807, 2.05) is 6.92 Å². The third-order valence-electron chi connectivity index (χ3n) is 4.93. The first-order chi connectivity index (χ1) is 12.3. The Morgan fingerprint density at radius 2 is 1.54 bits per heavy atom. The summed E-state index contributed by atoms with van der Waals surface area (Å²) in [5.41, 5.74) is 3.99. The summed E-state index contributed by atoms with van der Waals surface area (Å²) in [4.78, 5) is 2.67. The molecule has 4 nitrogen and oxygen atoms in total. The van der Waals surface area contributed by atoms with Gasteiger partial charge in [-0.25, -0.2) is 8.42 Å². The minimum atomic E-state index is -3.49. The fraction of sp³-hybridized carbons (Fsp3) is 0.400. The topological polar surface area (TPSA) is 40.6 Å². The van der Waals surface area contributed by atoms with Crippen molar-refractivity contribution in [2.45, 2.75) is 32.2 Å². The summed E-state index contributed by atoms with van der Waals surface area (Å²) >= 11 is 6.11. The Kier molecular flexibility index (Phi) is 5.72. The number of benzene rings is 2. The molecular formula is C20H25ClN2O2S. The Hall–Kier alpha value is -1.40. The van der Waals surface area contributed by atoms with Crippen molar-refractivity contribution in [3.63, 3.8) is 0 Å². The summed E-state index contributed by atoms with van der Waals surface area (Å²) in [5.74, 6) is 0. The quantitative estimate of drug-likeness (QED) is 0.795. The Labute approximate surface area is 161 Å². The molecule has 0 N–H and O–H groups in total. The molecule has 0 atom stereocenters. The van der Waals surface area contributed by atoms with Gasteiger partial charge in [0.25, 0.3) is 0 Å². The van der Waals surface area contributed by atoms with Crippen LogP contribution in [0.15, 0.2) is 41.3 Å². The predicted molar refractivity (Wildman–Crippen MR) is 106 cm³/mol. The molecule has 0 saturated carbocycles. The molecule has 0 bridgehead atoms. The van der Waals surface area contributed by atoms with Gasteiger partial charge >= 0.3 is 0 Å². The van der Waals surface area contributed by atoms with Gasteiger partial charge in [-0.15, -0.1) is 0 Å². The summed E-state index contributed by atoms with van der Waals surface area (Å²) in [6.45, 7) is 9.05. The third kappa shape index (κ3) is 4.12. The van der Waals surface area contributed by atoms with E-state index in [0.29, 0.717) is 28.6 Å². The van der Waals surface area contributed by atoms with Crippen LogP contribution in [0.5, 0.6) is 0 Å². The Balaban J connectivity index is 1.69. The number of hydrogen-bond acceptors (Lipinski definition) is 3.